The van der Waals surface area contributed by atoms with Crippen molar-refractivity contribution < 1.29 is 46.5 Å². The molecule has 11 heteroatoms. The zero-order chi connectivity index (χ0) is 23.9. The SMILES string of the molecule is NCC(=O)NC(Cc1ccccc1)C(=O)[O-].NCC(=O)NC(Cc1ccccc1)C(=O)[O-].[Cu+2]. The standard InChI is InChI=1S/2C11H14N2O3.Cu/c2*12-7-10(14)13-9(11(15)16)6-8-4-2-1-3-5-8;/h2*1-5,9H,6-7,12H2,(H,13,14)(H,15,16);/q;;+2/p-2. The van der Waals surface area contributed by atoms with Crippen LogP contribution in [0.25, 0.3) is 0 Å². The number of aliphatic carboxylic acids is 2. The van der Waals surface area contributed by atoms with Crippen LogP contribution in [0.4, 0.5) is 0 Å². The summed E-state index contributed by atoms with van der Waals surface area (Å²) in [5, 5.41) is 26.2. The van der Waals surface area contributed by atoms with Crippen LogP contribution in [-0.2, 0) is 49.1 Å². The summed E-state index contributed by atoms with van der Waals surface area (Å²) in [6.45, 7) is -0.475. The van der Waals surface area contributed by atoms with Crippen LogP contribution in [0.5, 0.6) is 0 Å². The molecule has 0 aliphatic rings. The van der Waals surface area contributed by atoms with Gasteiger partial charge >= 0.3 is 17.1 Å². The molecule has 0 aliphatic heterocycles. The molecule has 0 aliphatic carbocycles. The maximum atomic E-state index is 11.0. The molecule has 0 saturated heterocycles. The minimum atomic E-state index is -1.31. The first-order valence-electron chi connectivity index (χ1n) is 9.75. The van der Waals surface area contributed by atoms with E-state index in [0.717, 1.165) is 11.1 Å². The molecule has 0 heterocycles. The first-order chi connectivity index (χ1) is 15.3. The number of amides is 2. The molecule has 0 bridgehead atoms. The first kappa shape index (κ1) is 29.8. The maximum absolute atomic E-state index is 11.0. The van der Waals surface area contributed by atoms with Crippen LogP contribution >= 0.6 is 0 Å². The second-order valence-corrected chi connectivity index (χ2v) is 6.67. The third-order valence-electron chi connectivity index (χ3n) is 4.18. The summed E-state index contributed by atoms with van der Waals surface area (Å²) >= 11 is 0. The number of nitrogens with one attached hydrogen (secondary N) is 2. The summed E-state index contributed by atoms with van der Waals surface area (Å²) in [4.78, 5) is 43.6. The van der Waals surface area contributed by atoms with E-state index in [4.69, 9.17) is 11.5 Å². The Morgan fingerprint density at radius 1 is 0.667 bits per heavy atom. The monoisotopic (exact) mass is 505 g/mol. The van der Waals surface area contributed by atoms with E-state index in [1.807, 2.05) is 12.1 Å². The van der Waals surface area contributed by atoms with Gasteiger partial charge in [-0.2, -0.15) is 0 Å². The van der Waals surface area contributed by atoms with E-state index in [9.17, 15) is 29.4 Å². The summed E-state index contributed by atoms with van der Waals surface area (Å²) in [6, 6.07) is 15.9. The van der Waals surface area contributed by atoms with Gasteiger partial charge in [0.15, 0.2) is 0 Å². The van der Waals surface area contributed by atoms with E-state index in [2.05, 4.69) is 10.6 Å². The number of nitrogens with two attached hydrogens (primary N) is 2. The van der Waals surface area contributed by atoms with E-state index >= 15 is 0 Å². The van der Waals surface area contributed by atoms with Crippen LogP contribution < -0.4 is 32.3 Å². The molecule has 2 aromatic rings. The number of carboxylic acid groups (broad SMARTS) is 2. The van der Waals surface area contributed by atoms with Crippen LogP contribution in [-0.4, -0.2) is 48.9 Å². The molecule has 2 atom stereocenters. The Morgan fingerprint density at radius 3 is 1.21 bits per heavy atom. The fourth-order valence-electron chi connectivity index (χ4n) is 2.59. The van der Waals surface area contributed by atoms with Gasteiger partial charge < -0.3 is 41.9 Å². The van der Waals surface area contributed by atoms with Crippen molar-refractivity contribution >= 4 is 23.8 Å². The van der Waals surface area contributed by atoms with Crippen LogP contribution in [0.1, 0.15) is 11.1 Å². The van der Waals surface area contributed by atoms with Gasteiger partial charge in [-0.1, -0.05) is 60.7 Å². The van der Waals surface area contributed by atoms with Crippen LogP contribution in [0.2, 0.25) is 0 Å². The Bertz CT molecular complexity index is 809. The predicted molar refractivity (Wildman–Crippen MR) is 112 cm³/mol. The Labute approximate surface area is 202 Å². The fraction of sp³-hybridized carbons (Fsp3) is 0.273. The van der Waals surface area contributed by atoms with Gasteiger partial charge in [-0.15, -0.1) is 0 Å². The number of hydrogen-bond donors (Lipinski definition) is 4. The van der Waals surface area contributed by atoms with Gasteiger partial charge in [0.2, 0.25) is 11.8 Å². The zero-order valence-electron chi connectivity index (χ0n) is 17.7. The second-order valence-electron chi connectivity index (χ2n) is 6.67. The molecule has 6 N–H and O–H groups in total. The first-order valence-corrected chi connectivity index (χ1v) is 9.75. The quantitative estimate of drug-likeness (QED) is 0.243. The molecule has 2 rings (SSSR count). The second kappa shape index (κ2) is 16.4. The number of carboxylic acids is 2. The van der Waals surface area contributed by atoms with E-state index < -0.39 is 35.8 Å². The van der Waals surface area contributed by atoms with Crippen LogP contribution in [0.3, 0.4) is 0 Å². The van der Waals surface area contributed by atoms with Crippen LogP contribution in [0.15, 0.2) is 60.7 Å². The molecule has 0 saturated carbocycles. The van der Waals surface area contributed by atoms with Crippen molar-refractivity contribution in [3.8, 4) is 0 Å². The van der Waals surface area contributed by atoms with Crippen molar-refractivity contribution in [2.75, 3.05) is 13.1 Å². The average Bonchev–Trinajstić information content (AvgIpc) is 2.79. The zero-order valence-corrected chi connectivity index (χ0v) is 18.6. The molecule has 181 valence electrons. The van der Waals surface area contributed by atoms with E-state index in [1.165, 1.54) is 0 Å². The van der Waals surface area contributed by atoms with Gasteiger partial charge in [0.25, 0.3) is 0 Å². The Kier molecular flexibility index (Phi) is 14.8. The summed E-state index contributed by atoms with van der Waals surface area (Å²) in [7, 11) is 0. The van der Waals surface area contributed by atoms with Crippen molar-refractivity contribution in [1.29, 1.82) is 0 Å². The predicted octanol–water partition coefficient (Wildman–Crippen LogP) is -3.16. The van der Waals surface area contributed by atoms with Crippen molar-refractivity contribution in [3.63, 3.8) is 0 Å². The van der Waals surface area contributed by atoms with Gasteiger partial charge in [0, 0.05) is 0 Å². The number of rotatable bonds is 10. The van der Waals surface area contributed by atoms with E-state index in [0.29, 0.717) is 0 Å². The molecular formula is C22H26CuN4O6. The Balaban J connectivity index is 0.000000602. The Morgan fingerprint density at radius 2 is 0.970 bits per heavy atom. The minimum Gasteiger partial charge on any atom is -0.548 e. The van der Waals surface area contributed by atoms with Crippen molar-refractivity contribution in [2.45, 2.75) is 24.9 Å². The summed E-state index contributed by atoms with van der Waals surface area (Å²) in [5.74, 6) is -3.65. The van der Waals surface area contributed by atoms with Gasteiger partial charge in [-0.05, 0) is 24.0 Å². The Hall–Kier alpha value is -3.24. The molecule has 0 fully saturated rings. The molecule has 1 radical (unpaired) electrons. The molecular weight excluding hydrogens is 480 g/mol. The number of carbonyl (C=O) groups is 4. The summed E-state index contributed by atoms with van der Waals surface area (Å²) < 4.78 is 0. The van der Waals surface area contributed by atoms with Crippen molar-refractivity contribution in [3.05, 3.63) is 71.8 Å². The minimum absolute atomic E-state index is 0. The average molecular weight is 506 g/mol. The van der Waals surface area contributed by atoms with Crippen molar-refractivity contribution in [2.24, 2.45) is 11.5 Å². The maximum Gasteiger partial charge on any atom is 2.00 e. The molecule has 33 heavy (non-hydrogen) atoms. The number of carbonyl (C=O) groups excluding carboxylic acids is 4. The molecule has 2 amide bonds. The topological polar surface area (TPSA) is 190 Å². The third kappa shape index (κ3) is 12.4. The molecule has 2 unspecified atom stereocenters. The fourth-order valence-corrected chi connectivity index (χ4v) is 2.59. The van der Waals surface area contributed by atoms with Crippen LogP contribution in [0, 0.1) is 0 Å². The van der Waals surface area contributed by atoms with Gasteiger partial charge in [-0.3, -0.25) is 9.59 Å². The van der Waals surface area contributed by atoms with E-state index in [1.54, 1.807) is 48.5 Å². The molecule has 0 aromatic heterocycles. The molecule has 0 spiro atoms. The molecule has 10 nitrogen and oxygen atoms in total. The third-order valence-corrected chi connectivity index (χ3v) is 4.18. The summed E-state index contributed by atoms with van der Waals surface area (Å²) in [5.41, 5.74) is 11.8. The van der Waals surface area contributed by atoms with E-state index in [-0.39, 0.29) is 43.0 Å². The summed E-state index contributed by atoms with van der Waals surface area (Å²) in [6.07, 6.45) is 0.379. The molecule has 2 aromatic carbocycles. The normalized spacial score (nSPS) is 11.5. The smallest absolute Gasteiger partial charge is 0.548 e. The van der Waals surface area contributed by atoms with Crippen molar-refractivity contribution in [1.82, 2.24) is 10.6 Å². The van der Waals surface area contributed by atoms with Gasteiger partial charge in [-0.25, -0.2) is 0 Å². The van der Waals surface area contributed by atoms with Gasteiger partial charge in [0.1, 0.15) is 0 Å². The number of hydrogen-bond acceptors (Lipinski definition) is 8. The van der Waals surface area contributed by atoms with Gasteiger partial charge in [0.05, 0.1) is 37.1 Å². The largest absolute Gasteiger partial charge is 2.00 e. The number of benzene rings is 2.